The summed E-state index contributed by atoms with van der Waals surface area (Å²) in [7, 11) is 3.52. The van der Waals surface area contributed by atoms with E-state index in [1.807, 2.05) is 36.6 Å². The molecular formula is C21H31IN4OS. The van der Waals surface area contributed by atoms with Gasteiger partial charge in [-0.1, -0.05) is 18.2 Å². The number of ether oxygens (including phenoxy) is 1. The summed E-state index contributed by atoms with van der Waals surface area (Å²) in [6.45, 7) is 5.12. The zero-order chi connectivity index (χ0) is 18.9. The lowest BCUT2D eigenvalue weighted by Crippen LogP contribution is -2.44. The lowest BCUT2D eigenvalue weighted by Gasteiger charge is -2.32. The van der Waals surface area contributed by atoms with E-state index in [4.69, 9.17) is 4.74 Å². The first kappa shape index (κ1) is 23.0. The number of aliphatic imine (C=N–C) groups is 1. The summed E-state index contributed by atoms with van der Waals surface area (Å²) < 4.78 is 5.28. The van der Waals surface area contributed by atoms with E-state index in [0.29, 0.717) is 5.92 Å². The van der Waals surface area contributed by atoms with Crippen molar-refractivity contribution >= 4 is 41.3 Å². The highest BCUT2D eigenvalue weighted by Crippen LogP contribution is 2.20. The summed E-state index contributed by atoms with van der Waals surface area (Å²) in [5, 5.41) is 9.06. The maximum absolute atomic E-state index is 5.28. The molecule has 0 saturated carbocycles. The van der Waals surface area contributed by atoms with E-state index in [2.05, 4.69) is 44.1 Å². The summed E-state index contributed by atoms with van der Waals surface area (Å²) in [6.07, 6.45) is 2.55. The van der Waals surface area contributed by atoms with Gasteiger partial charge in [0.2, 0.25) is 0 Å². The molecule has 7 heteroatoms. The summed E-state index contributed by atoms with van der Waals surface area (Å²) >= 11 is 1.85. The highest BCUT2D eigenvalue weighted by Gasteiger charge is 2.20. The van der Waals surface area contributed by atoms with Gasteiger partial charge in [-0.15, -0.1) is 35.3 Å². The molecule has 3 rings (SSSR count). The van der Waals surface area contributed by atoms with Gasteiger partial charge in [0.05, 0.1) is 7.11 Å². The van der Waals surface area contributed by atoms with Gasteiger partial charge in [0.1, 0.15) is 5.75 Å². The maximum atomic E-state index is 5.28. The Hall–Kier alpha value is -1.32. The van der Waals surface area contributed by atoms with Crippen molar-refractivity contribution in [2.45, 2.75) is 25.9 Å². The van der Waals surface area contributed by atoms with Crippen LogP contribution in [0.4, 0.5) is 0 Å². The van der Waals surface area contributed by atoms with Crippen LogP contribution in [-0.4, -0.2) is 44.7 Å². The number of likely N-dealkylation sites (tertiary alicyclic amines) is 1. The quantitative estimate of drug-likeness (QED) is 0.334. The van der Waals surface area contributed by atoms with Gasteiger partial charge in [0.15, 0.2) is 5.96 Å². The Morgan fingerprint density at radius 1 is 1.29 bits per heavy atom. The Morgan fingerprint density at radius 2 is 2.18 bits per heavy atom. The molecule has 1 aromatic carbocycles. The van der Waals surface area contributed by atoms with Crippen molar-refractivity contribution in [3.05, 3.63) is 52.2 Å². The number of methoxy groups -OCH3 is 1. The predicted molar refractivity (Wildman–Crippen MR) is 129 cm³/mol. The largest absolute Gasteiger partial charge is 0.497 e. The second-order valence-corrected chi connectivity index (χ2v) is 8.01. The topological polar surface area (TPSA) is 48.9 Å². The van der Waals surface area contributed by atoms with Crippen molar-refractivity contribution in [3.8, 4) is 5.75 Å². The van der Waals surface area contributed by atoms with Gasteiger partial charge in [-0.2, -0.15) is 0 Å². The van der Waals surface area contributed by atoms with E-state index in [1.165, 1.54) is 29.8 Å². The number of hydrogen-bond acceptors (Lipinski definition) is 4. The average molecular weight is 514 g/mol. The molecule has 1 saturated heterocycles. The monoisotopic (exact) mass is 514 g/mol. The molecule has 154 valence electrons. The molecule has 0 bridgehead atoms. The minimum absolute atomic E-state index is 0. The molecule has 1 fully saturated rings. The molecule has 0 radical (unpaired) electrons. The van der Waals surface area contributed by atoms with Gasteiger partial charge in [-0.3, -0.25) is 9.89 Å². The summed E-state index contributed by atoms with van der Waals surface area (Å²) in [6, 6.07) is 12.5. The van der Waals surface area contributed by atoms with Crippen LogP contribution in [0.2, 0.25) is 0 Å². The van der Waals surface area contributed by atoms with Crippen molar-refractivity contribution in [2.75, 3.05) is 33.8 Å². The normalized spacial score (nSPS) is 17.6. The Balaban J connectivity index is 0.00000280. The van der Waals surface area contributed by atoms with Crippen LogP contribution in [0.1, 0.15) is 23.3 Å². The molecular weight excluding hydrogens is 483 g/mol. The molecule has 0 amide bonds. The van der Waals surface area contributed by atoms with Gasteiger partial charge < -0.3 is 15.4 Å². The fourth-order valence-corrected chi connectivity index (χ4v) is 4.26. The average Bonchev–Trinajstić information content (AvgIpc) is 3.21. The minimum atomic E-state index is 0. The lowest BCUT2D eigenvalue weighted by atomic mass is 9.98. The first-order chi connectivity index (χ1) is 13.3. The highest BCUT2D eigenvalue weighted by atomic mass is 127. The summed E-state index contributed by atoms with van der Waals surface area (Å²) in [4.78, 5) is 8.40. The molecule has 2 aromatic rings. The zero-order valence-corrected chi connectivity index (χ0v) is 19.8. The first-order valence-corrected chi connectivity index (χ1v) is 10.5. The zero-order valence-electron chi connectivity index (χ0n) is 16.7. The van der Waals surface area contributed by atoms with Crippen LogP contribution in [0, 0.1) is 5.92 Å². The number of hydrogen-bond donors (Lipinski definition) is 2. The van der Waals surface area contributed by atoms with Crippen LogP contribution in [-0.2, 0) is 13.1 Å². The van der Waals surface area contributed by atoms with E-state index in [9.17, 15) is 0 Å². The fourth-order valence-electron chi connectivity index (χ4n) is 3.51. The summed E-state index contributed by atoms with van der Waals surface area (Å²) in [5.41, 5.74) is 1.18. The summed E-state index contributed by atoms with van der Waals surface area (Å²) in [5.74, 6) is 2.40. The van der Waals surface area contributed by atoms with Gasteiger partial charge >= 0.3 is 0 Å². The highest BCUT2D eigenvalue weighted by molar-refractivity contribution is 14.0. The van der Waals surface area contributed by atoms with Crippen LogP contribution in [0.25, 0.3) is 0 Å². The van der Waals surface area contributed by atoms with E-state index in [1.54, 1.807) is 7.11 Å². The second kappa shape index (κ2) is 12.3. The smallest absolute Gasteiger partial charge is 0.191 e. The van der Waals surface area contributed by atoms with Crippen molar-refractivity contribution in [1.82, 2.24) is 15.5 Å². The molecule has 28 heavy (non-hydrogen) atoms. The standard InChI is InChI=1S/C21H30N4OS.HI/c1-22-21(23-13-17-6-3-8-19(12-17)26-2)24-14-18-7-4-10-25(15-18)16-20-9-5-11-27-20;/h3,5-6,8-9,11-12,18H,4,7,10,13-16H2,1-2H3,(H2,22,23,24);1H. The van der Waals surface area contributed by atoms with Gasteiger partial charge in [0, 0.05) is 38.1 Å². The molecule has 2 N–H and O–H groups in total. The maximum Gasteiger partial charge on any atom is 0.191 e. The van der Waals surface area contributed by atoms with Crippen LogP contribution in [0.15, 0.2) is 46.8 Å². The second-order valence-electron chi connectivity index (χ2n) is 6.98. The number of halogens is 1. The Morgan fingerprint density at radius 3 is 2.93 bits per heavy atom. The minimum Gasteiger partial charge on any atom is -0.497 e. The molecule has 1 unspecified atom stereocenters. The number of piperidine rings is 1. The third kappa shape index (κ3) is 7.25. The molecule has 5 nitrogen and oxygen atoms in total. The van der Waals surface area contributed by atoms with Crippen LogP contribution >= 0.6 is 35.3 Å². The van der Waals surface area contributed by atoms with Crippen LogP contribution in [0.3, 0.4) is 0 Å². The van der Waals surface area contributed by atoms with Crippen LogP contribution < -0.4 is 15.4 Å². The Labute approximate surface area is 189 Å². The van der Waals surface area contributed by atoms with Gasteiger partial charge in [-0.25, -0.2) is 0 Å². The molecule has 1 aliphatic rings. The first-order valence-electron chi connectivity index (χ1n) is 9.59. The fraction of sp³-hybridized carbons (Fsp3) is 0.476. The van der Waals surface area contributed by atoms with Crippen molar-refractivity contribution in [3.63, 3.8) is 0 Å². The number of nitrogens with zero attached hydrogens (tertiary/aromatic N) is 2. The van der Waals surface area contributed by atoms with E-state index < -0.39 is 0 Å². The number of benzene rings is 1. The molecule has 1 atom stereocenters. The molecule has 0 spiro atoms. The third-order valence-corrected chi connectivity index (χ3v) is 5.80. The van der Waals surface area contributed by atoms with E-state index in [0.717, 1.165) is 37.9 Å². The van der Waals surface area contributed by atoms with Crippen molar-refractivity contribution in [1.29, 1.82) is 0 Å². The number of nitrogens with one attached hydrogen (secondary N) is 2. The van der Waals surface area contributed by atoms with Crippen LogP contribution in [0.5, 0.6) is 5.75 Å². The number of guanidine groups is 1. The molecule has 0 aliphatic carbocycles. The Bertz CT molecular complexity index is 723. The molecule has 2 heterocycles. The third-order valence-electron chi connectivity index (χ3n) is 4.94. The number of rotatable bonds is 7. The van der Waals surface area contributed by atoms with E-state index >= 15 is 0 Å². The number of thiophene rings is 1. The van der Waals surface area contributed by atoms with Gasteiger partial charge in [0.25, 0.3) is 0 Å². The van der Waals surface area contributed by atoms with Crippen molar-refractivity contribution in [2.24, 2.45) is 10.9 Å². The lowest BCUT2D eigenvalue weighted by molar-refractivity contribution is 0.169. The Kier molecular flexibility index (Phi) is 10.1. The van der Waals surface area contributed by atoms with Gasteiger partial charge in [-0.05, 0) is 54.4 Å². The predicted octanol–water partition coefficient (Wildman–Crippen LogP) is 3.95. The van der Waals surface area contributed by atoms with Crippen molar-refractivity contribution < 1.29 is 4.74 Å². The molecule has 1 aromatic heterocycles. The van der Waals surface area contributed by atoms with E-state index in [-0.39, 0.29) is 24.0 Å². The molecule has 1 aliphatic heterocycles. The SMILES string of the molecule is CN=C(NCc1cccc(OC)c1)NCC1CCCN(Cc2cccs2)C1.I.